The molecule has 5 nitrogen and oxygen atoms in total. The van der Waals surface area contributed by atoms with Crippen LogP contribution in [0.1, 0.15) is 27.2 Å². The van der Waals surface area contributed by atoms with Gasteiger partial charge in [0.15, 0.2) is 5.82 Å². The zero-order valence-electron chi connectivity index (χ0n) is 11.2. The first kappa shape index (κ1) is 12.8. The first-order chi connectivity index (χ1) is 8.46. The summed E-state index contributed by atoms with van der Waals surface area (Å²) in [4.78, 5) is 4.32. The summed E-state index contributed by atoms with van der Waals surface area (Å²) in [6.45, 7) is 7.31. The van der Waals surface area contributed by atoms with Gasteiger partial charge < -0.3 is 11.1 Å². The van der Waals surface area contributed by atoms with E-state index in [0.29, 0.717) is 0 Å². The van der Waals surface area contributed by atoms with E-state index < -0.39 is 0 Å². The molecule has 0 radical (unpaired) electrons. The predicted molar refractivity (Wildman–Crippen MR) is 73.5 cm³/mol. The summed E-state index contributed by atoms with van der Waals surface area (Å²) in [6, 6.07) is 2.06. The van der Waals surface area contributed by atoms with Gasteiger partial charge in [-0.05, 0) is 17.9 Å². The first-order valence-corrected chi connectivity index (χ1v) is 6.23. The van der Waals surface area contributed by atoms with Gasteiger partial charge in [0, 0.05) is 25.0 Å². The third-order valence-electron chi connectivity index (χ3n) is 2.73. The molecule has 1 unspecified atom stereocenters. The fourth-order valence-corrected chi connectivity index (χ4v) is 2.08. The van der Waals surface area contributed by atoms with Gasteiger partial charge in [-0.2, -0.15) is 5.10 Å². The Bertz CT molecular complexity index is 511. The second-order valence-corrected chi connectivity index (χ2v) is 5.84. The van der Waals surface area contributed by atoms with Crippen LogP contribution in [-0.4, -0.2) is 27.2 Å². The number of nitrogens with one attached hydrogen (secondary N) is 1. The van der Waals surface area contributed by atoms with E-state index in [1.807, 2.05) is 12.3 Å². The van der Waals surface area contributed by atoms with E-state index in [1.54, 1.807) is 16.9 Å². The normalized spacial score (nSPS) is 13.8. The van der Waals surface area contributed by atoms with E-state index in [9.17, 15) is 0 Å². The van der Waals surface area contributed by atoms with Gasteiger partial charge in [-0.3, -0.25) is 0 Å². The van der Waals surface area contributed by atoms with Crippen molar-refractivity contribution in [1.29, 1.82) is 0 Å². The maximum Gasteiger partial charge on any atom is 0.152 e. The zero-order valence-corrected chi connectivity index (χ0v) is 11.2. The SMILES string of the molecule is CC(C)(C)CC(N)CNc1nccn2nccc12. The molecule has 18 heavy (non-hydrogen) atoms. The van der Waals surface area contributed by atoms with Crippen molar-refractivity contribution in [1.82, 2.24) is 14.6 Å². The van der Waals surface area contributed by atoms with Crippen LogP contribution in [0.5, 0.6) is 0 Å². The fourth-order valence-electron chi connectivity index (χ4n) is 2.08. The highest BCUT2D eigenvalue weighted by Gasteiger charge is 2.15. The molecular weight excluding hydrogens is 226 g/mol. The number of hydrogen-bond donors (Lipinski definition) is 2. The van der Waals surface area contributed by atoms with Crippen LogP contribution in [0.2, 0.25) is 0 Å². The lowest BCUT2D eigenvalue weighted by molar-refractivity contribution is 0.344. The number of anilines is 1. The Morgan fingerprint density at radius 1 is 1.39 bits per heavy atom. The van der Waals surface area contributed by atoms with Crippen LogP contribution in [0, 0.1) is 5.41 Å². The van der Waals surface area contributed by atoms with Gasteiger partial charge in [0.1, 0.15) is 5.52 Å². The van der Waals surface area contributed by atoms with E-state index in [-0.39, 0.29) is 11.5 Å². The van der Waals surface area contributed by atoms with Crippen molar-refractivity contribution in [3.8, 4) is 0 Å². The number of nitrogens with zero attached hydrogens (tertiary/aromatic N) is 3. The van der Waals surface area contributed by atoms with Gasteiger partial charge in [-0.15, -0.1) is 0 Å². The summed E-state index contributed by atoms with van der Waals surface area (Å²) < 4.78 is 1.80. The van der Waals surface area contributed by atoms with E-state index in [4.69, 9.17) is 5.73 Å². The summed E-state index contributed by atoms with van der Waals surface area (Å²) in [5.41, 5.74) is 7.33. The Morgan fingerprint density at radius 2 is 2.17 bits per heavy atom. The Balaban J connectivity index is 2.00. The minimum absolute atomic E-state index is 0.120. The molecule has 0 saturated heterocycles. The van der Waals surface area contributed by atoms with Crippen molar-refractivity contribution in [2.45, 2.75) is 33.2 Å². The third-order valence-corrected chi connectivity index (χ3v) is 2.73. The van der Waals surface area contributed by atoms with Crippen LogP contribution in [0.3, 0.4) is 0 Å². The van der Waals surface area contributed by atoms with Crippen molar-refractivity contribution < 1.29 is 0 Å². The van der Waals surface area contributed by atoms with E-state index in [0.717, 1.165) is 24.3 Å². The lowest BCUT2D eigenvalue weighted by Gasteiger charge is -2.23. The molecule has 0 spiro atoms. The molecule has 3 N–H and O–H groups in total. The van der Waals surface area contributed by atoms with Crippen LogP contribution in [0.4, 0.5) is 5.82 Å². The number of aromatic nitrogens is 3. The molecule has 2 aromatic rings. The molecule has 2 heterocycles. The Morgan fingerprint density at radius 3 is 2.89 bits per heavy atom. The number of fused-ring (bicyclic) bond motifs is 1. The summed E-state index contributed by atoms with van der Waals surface area (Å²) in [5.74, 6) is 0.833. The summed E-state index contributed by atoms with van der Waals surface area (Å²) >= 11 is 0. The van der Waals surface area contributed by atoms with E-state index >= 15 is 0 Å². The molecule has 98 valence electrons. The zero-order chi connectivity index (χ0) is 13.2. The summed E-state index contributed by atoms with van der Waals surface area (Å²) in [7, 11) is 0. The topological polar surface area (TPSA) is 68.2 Å². The van der Waals surface area contributed by atoms with Crippen molar-refractivity contribution >= 4 is 11.3 Å². The minimum atomic E-state index is 0.120. The monoisotopic (exact) mass is 247 g/mol. The standard InChI is InChI=1S/C13H21N5/c1-13(2,3)8-10(14)9-16-12-11-4-5-17-18(11)7-6-15-12/h4-7,10H,8-9,14H2,1-3H3,(H,15,16). The highest BCUT2D eigenvalue weighted by atomic mass is 15.2. The Kier molecular flexibility index (Phi) is 3.52. The molecule has 0 saturated carbocycles. The van der Waals surface area contributed by atoms with Gasteiger partial charge in [-0.25, -0.2) is 9.50 Å². The third kappa shape index (κ3) is 3.20. The first-order valence-electron chi connectivity index (χ1n) is 6.23. The number of rotatable bonds is 4. The summed E-state index contributed by atoms with van der Waals surface area (Å²) in [5, 5.41) is 7.47. The van der Waals surface area contributed by atoms with Gasteiger partial charge in [-0.1, -0.05) is 20.8 Å². The lowest BCUT2D eigenvalue weighted by Crippen LogP contribution is -2.33. The molecular formula is C13H21N5. The second kappa shape index (κ2) is 4.94. The van der Waals surface area contributed by atoms with Gasteiger partial charge in [0.05, 0.1) is 6.20 Å². The van der Waals surface area contributed by atoms with Crippen molar-refractivity contribution in [2.75, 3.05) is 11.9 Å². The largest absolute Gasteiger partial charge is 0.367 e. The second-order valence-electron chi connectivity index (χ2n) is 5.84. The van der Waals surface area contributed by atoms with Gasteiger partial charge in [0.2, 0.25) is 0 Å². The van der Waals surface area contributed by atoms with Crippen LogP contribution in [0.15, 0.2) is 24.7 Å². The van der Waals surface area contributed by atoms with E-state index in [2.05, 4.69) is 36.2 Å². The average molecular weight is 247 g/mol. The van der Waals surface area contributed by atoms with E-state index in [1.165, 1.54) is 0 Å². The number of nitrogens with two attached hydrogens (primary N) is 1. The van der Waals surface area contributed by atoms with Gasteiger partial charge in [0.25, 0.3) is 0 Å². The number of hydrogen-bond acceptors (Lipinski definition) is 4. The van der Waals surface area contributed by atoms with Crippen molar-refractivity contribution in [3.63, 3.8) is 0 Å². The Labute approximate surface area is 107 Å². The van der Waals surface area contributed by atoms with Crippen LogP contribution in [-0.2, 0) is 0 Å². The molecule has 2 aromatic heterocycles. The lowest BCUT2D eigenvalue weighted by atomic mass is 9.88. The molecule has 0 fully saturated rings. The predicted octanol–water partition coefficient (Wildman–Crippen LogP) is 1.90. The quantitative estimate of drug-likeness (QED) is 0.866. The molecule has 5 heteroatoms. The molecule has 0 aliphatic heterocycles. The highest BCUT2D eigenvalue weighted by molar-refractivity contribution is 5.66. The fraction of sp³-hybridized carbons (Fsp3) is 0.538. The maximum absolute atomic E-state index is 6.11. The maximum atomic E-state index is 6.11. The Hall–Kier alpha value is -1.62. The molecule has 0 aliphatic carbocycles. The molecule has 0 aromatic carbocycles. The molecule has 1 atom stereocenters. The minimum Gasteiger partial charge on any atom is -0.367 e. The van der Waals surface area contributed by atoms with Crippen molar-refractivity contribution in [2.24, 2.45) is 11.1 Å². The van der Waals surface area contributed by atoms with Gasteiger partial charge >= 0.3 is 0 Å². The molecule has 0 aliphatic rings. The van der Waals surface area contributed by atoms with Crippen LogP contribution in [0.25, 0.3) is 5.52 Å². The van der Waals surface area contributed by atoms with Crippen LogP contribution < -0.4 is 11.1 Å². The van der Waals surface area contributed by atoms with Crippen molar-refractivity contribution in [3.05, 3.63) is 24.7 Å². The molecule has 2 rings (SSSR count). The van der Waals surface area contributed by atoms with Crippen LogP contribution >= 0.6 is 0 Å². The summed E-state index contributed by atoms with van der Waals surface area (Å²) in [6.07, 6.45) is 6.30. The average Bonchev–Trinajstić information content (AvgIpc) is 2.72. The molecule has 0 amide bonds. The molecule has 0 bridgehead atoms. The highest BCUT2D eigenvalue weighted by Crippen LogP contribution is 2.20. The smallest absolute Gasteiger partial charge is 0.152 e.